The normalized spacial score (nSPS) is 27.0. The van der Waals surface area contributed by atoms with Crippen molar-refractivity contribution in [1.29, 1.82) is 0 Å². The molecular formula is C12H15F. The zero-order chi connectivity index (χ0) is 9.47. The van der Waals surface area contributed by atoms with E-state index >= 15 is 0 Å². The number of aryl methyl sites for hydroxylation is 2. The highest BCUT2D eigenvalue weighted by molar-refractivity contribution is 5.37. The summed E-state index contributed by atoms with van der Waals surface area (Å²) in [6.45, 7) is 3.75. The van der Waals surface area contributed by atoms with E-state index < -0.39 is 5.67 Å². The van der Waals surface area contributed by atoms with Crippen molar-refractivity contribution in [3.05, 3.63) is 34.9 Å². The second-order valence-electron chi connectivity index (χ2n) is 4.21. The van der Waals surface area contributed by atoms with Gasteiger partial charge in [-0.2, -0.15) is 0 Å². The molecule has 0 fully saturated rings. The summed E-state index contributed by atoms with van der Waals surface area (Å²) >= 11 is 0. The van der Waals surface area contributed by atoms with Crippen molar-refractivity contribution in [3.63, 3.8) is 0 Å². The van der Waals surface area contributed by atoms with Crippen molar-refractivity contribution < 1.29 is 4.39 Å². The largest absolute Gasteiger partial charge is 0.239 e. The van der Waals surface area contributed by atoms with Crippen molar-refractivity contribution >= 4 is 0 Å². The molecule has 13 heavy (non-hydrogen) atoms. The van der Waals surface area contributed by atoms with Gasteiger partial charge < -0.3 is 0 Å². The Morgan fingerprint density at radius 2 is 2.15 bits per heavy atom. The second-order valence-corrected chi connectivity index (χ2v) is 4.21. The summed E-state index contributed by atoms with van der Waals surface area (Å²) in [4.78, 5) is 0. The van der Waals surface area contributed by atoms with Gasteiger partial charge in [0.1, 0.15) is 5.67 Å². The Morgan fingerprint density at radius 1 is 1.38 bits per heavy atom. The molecule has 0 bridgehead atoms. The fourth-order valence-electron chi connectivity index (χ4n) is 2.18. The van der Waals surface area contributed by atoms with Crippen molar-refractivity contribution in [1.82, 2.24) is 0 Å². The lowest BCUT2D eigenvalue weighted by Gasteiger charge is -2.28. The summed E-state index contributed by atoms with van der Waals surface area (Å²) in [5, 5.41) is 0. The van der Waals surface area contributed by atoms with Gasteiger partial charge in [0.25, 0.3) is 0 Å². The van der Waals surface area contributed by atoms with Gasteiger partial charge in [0.05, 0.1) is 0 Å². The molecule has 0 aliphatic heterocycles. The summed E-state index contributed by atoms with van der Waals surface area (Å²) in [7, 11) is 0. The minimum absolute atomic E-state index is 0.670. The van der Waals surface area contributed by atoms with Crippen LogP contribution >= 0.6 is 0 Å². The molecular weight excluding hydrogens is 163 g/mol. The topological polar surface area (TPSA) is 0 Å². The molecule has 0 N–H and O–H groups in total. The van der Waals surface area contributed by atoms with E-state index in [1.54, 1.807) is 6.92 Å². The maximum absolute atomic E-state index is 14.0. The number of hydrogen-bond acceptors (Lipinski definition) is 0. The zero-order valence-electron chi connectivity index (χ0n) is 8.23. The predicted molar refractivity (Wildman–Crippen MR) is 52.6 cm³/mol. The Balaban J connectivity index is 2.53. The van der Waals surface area contributed by atoms with Crippen LogP contribution in [-0.2, 0) is 12.1 Å². The molecule has 0 aromatic heterocycles. The van der Waals surface area contributed by atoms with Gasteiger partial charge in [-0.1, -0.05) is 23.8 Å². The number of benzene rings is 1. The van der Waals surface area contributed by atoms with E-state index in [0.29, 0.717) is 6.42 Å². The summed E-state index contributed by atoms with van der Waals surface area (Å²) in [6, 6.07) is 6.07. The Kier molecular flexibility index (Phi) is 1.90. The maximum Gasteiger partial charge on any atom is 0.133 e. The van der Waals surface area contributed by atoms with Gasteiger partial charge in [-0.25, -0.2) is 4.39 Å². The van der Waals surface area contributed by atoms with Crippen LogP contribution in [0.2, 0.25) is 0 Å². The van der Waals surface area contributed by atoms with Crippen LogP contribution in [0.3, 0.4) is 0 Å². The fourth-order valence-corrected chi connectivity index (χ4v) is 2.18. The van der Waals surface area contributed by atoms with Crippen LogP contribution in [0.4, 0.5) is 4.39 Å². The van der Waals surface area contributed by atoms with E-state index in [9.17, 15) is 4.39 Å². The summed E-state index contributed by atoms with van der Waals surface area (Å²) in [6.07, 6.45) is 2.68. The van der Waals surface area contributed by atoms with Gasteiger partial charge in [0.15, 0.2) is 0 Å². The van der Waals surface area contributed by atoms with Crippen molar-refractivity contribution in [2.45, 2.75) is 38.8 Å². The molecule has 1 atom stereocenters. The van der Waals surface area contributed by atoms with E-state index in [1.807, 2.05) is 12.1 Å². The van der Waals surface area contributed by atoms with E-state index in [4.69, 9.17) is 0 Å². The Bertz CT molecular complexity index is 326. The summed E-state index contributed by atoms with van der Waals surface area (Å²) in [5.74, 6) is 0. The number of hydrogen-bond donors (Lipinski definition) is 0. The predicted octanol–water partition coefficient (Wildman–Crippen LogP) is 3.52. The molecule has 0 radical (unpaired) electrons. The molecule has 2 rings (SSSR count). The molecule has 1 aromatic carbocycles. The smallest absolute Gasteiger partial charge is 0.133 e. The molecule has 1 aliphatic rings. The van der Waals surface area contributed by atoms with Gasteiger partial charge in [0.2, 0.25) is 0 Å². The molecule has 0 saturated heterocycles. The van der Waals surface area contributed by atoms with Crippen LogP contribution < -0.4 is 0 Å². The highest BCUT2D eigenvalue weighted by Gasteiger charge is 2.31. The van der Waals surface area contributed by atoms with Crippen molar-refractivity contribution in [3.8, 4) is 0 Å². The zero-order valence-corrected chi connectivity index (χ0v) is 8.23. The average molecular weight is 178 g/mol. The van der Waals surface area contributed by atoms with Crippen molar-refractivity contribution in [2.75, 3.05) is 0 Å². The second kappa shape index (κ2) is 2.83. The fraction of sp³-hybridized carbons (Fsp3) is 0.500. The number of halogens is 1. The molecule has 1 aromatic rings. The molecule has 1 aliphatic carbocycles. The highest BCUT2D eigenvalue weighted by atomic mass is 19.1. The number of fused-ring (bicyclic) bond motifs is 1. The molecule has 0 saturated carbocycles. The minimum Gasteiger partial charge on any atom is -0.239 e. The third-order valence-electron chi connectivity index (χ3n) is 2.91. The first kappa shape index (κ1) is 8.74. The molecule has 1 heteroatoms. The first-order valence-electron chi connectivity index (χ1n) is 4.88. The van der Waals surface area contributed by atoms with Gasteiger partial charge >= 0.3 is 0 Å². The van der Waals surface area contributed by atoms with Gasteiger partial charge in [0, 0.05) is 0 Å². The van der Waals surface area contributed by atoms with Crippen molar-refractivity contribution in [2.24, 2.45) is 0 Å². The van der Waals surface area contributed by atoms with Crippen LogP contribution in [0.15, 0.2) is 18.2 Å². The van der Waals surface area contributed by atoms with E-state index in [1.165, 1.54) is 11.1 Å². The maximum atomic E-state index is 14.0. The molecule has 70 valence electrons. The standard InChI is InChI=1S/C12H15F/c1-9-5-6-11-10(8-9)4-3-7-12(11,2)13/h5-6,8H,3-4,7H2,1-2H3. The van der Waals surface area contributed by atoms with Crippen LogP contribution in [0.5, 0.6) is 0 Å². The van der Waals surface area contributed by atoms with E-state index in [2.05, 4.69) is 13.0 Å². The lowest BCUT2D eigenvalue weighted by molar-refractivity contribution is 0.162. The summed E-state index contributed by atoms with van der Waals surface area (Å²) < 4.78 is 14.0. The van der Waals surface area contributed by atoms with Crippen LogP contribution in [0.25, 0.3) is 0 Å². The van der Waals surface area contributed by atoms with Gasteiger partial charge in [-0.3, -0.25) is 0 Å². The van der Waals surface area contributed by atoms with E-state index in [0.717, 1.165) is 18.4 Å². The van der Waals surface area contributed by atoms with Crippen LogP contribution in [0.1, 0.15) is 36.5 Å². The first-order chi connectivity index (χ1) is 6.09. The van der Waals surface area contributed by atoms with Gasteiger partial charge in [-0.05, 0) is 44.2 Å². The highest BCUT2D eigenvalue weighted by Crippen LogP contribution is 2.38. The molecule has 0 amide bonds. The molecule has 0 nitrogen and oxygen atoms in total. The third-order valence-corrected chi connectivity index (χ3v) is 2.91. The lowest BCUT2D eigenvalue weighted by atomic mass is 9.81. The molecule has 0 heterocycles. The molecule has 0 spiro atoms. The third kappa shape index (κ3) is 1.48. The summed E-state index contributed by atoms with van der Waals surface area (Å²) in [5.41, 5.74) is 2.25. The average Bonchev–Trinajstić information content (AvgIpc) is 2.02. The minimum atomic E-state index is -1.10. The number of rotatable bonds is 0. The monoisotopic (exact) mass is 178 g/mol. The Morgan fingerprint density at radius 3 is 2.92 bits per heavy atom. The van der Waals surface area contributed by atoms with E-state index in [-0.39, 0.29) is 0 Å². The Labute approximate surface area is 78.8 Å². The lowest BCUT2D eigenvalue weighted by Crippen LogP contribution is -2.22. The quantitative estimate of drug-likeness (QED) is 0.570. The molecule has 1 unspecified atom stereocenters. The first-order valence-corrected chi connectivity index (χ1v) is 4.88. The number of alkyl halides is 1. The van der Waals surface area contributed by atoms with Crippen LogP contribution in [0, 0.1) is 6.92 Å². The van der Waals surface area contributed by atoms with Gasteiger partial charge in [-0.15, -0.1) is 0 Å². The van der Waals surface area contributed by atoms with Crippen LogP contribution in [-0.4, -0.2) is 0 Å². The Hall–Kier alpha value is -0.850. The SMILES string of the molecule is Cc1ccc2c(c1)CCCC2(C)F.